The number of nitrogens with zero attached hydrogens (tertiary/aromatic N) is 4. The lowest BCUT2D eigenvalue weighted by atomic mass is 10.1. The van der Waals surface area contributed by atoms with Gasteiger partial charge in [-0.3, -0.25) is 19.0 Å². The summed E-state index contributed by atoms with van der Waals surface area (Å²) in [5.41, 5.74) is 7.66. The van der Waals surface area contributed by atoms with E-state index in [4.69, 9.17) is 19.9 Å². The zero-order valence-corrected chi connectivity index (χ0v) is 36.4. The molecule has 0 bridgehead atoms. The van der Waals surface area contributed by atoms with Gasteiger partial charge in [0.2, 0.25) is 11.8 Å². The minimum atomic E-state index is -1.02. The van der Waals surface area contributed by atoms with Gasteiger partial charge in [-0.15, -0.1) is 22.6 Å². The minimum Gasteiger partial charge on any atom is -0.444 e. The molecule has 0 saturated carbocycles. The molecule has 5 rings (SSSR count). The number of ether oxygens (including phenoxy) is 3. The molecule has 14 nitrogen and oxygen atoms in total. The Bertz CT molecular complexity index is 2010. The third-order valence-electron chi connectivity index (χ3n) is 7.63. The van der Waals surface area contributed by atoms with Crippen LogP contribution in [0.5, 0.6) is 0 Å². The largest absolute Gasteiger partial charge is 0.444 e. The summed E-state index contributed by atoms with van der Waals surface area (Å²) in [4.78, 5) is 41.4. The maximum absolute atomic E-state index is 12.6. The lowest BCUT2D eigenvalue weighted by Gasteiger charge is -2.23. The molecule has 3 heterocycles. The van der Waals surface area contributed by atoms with Crippen LogP contribution in [0.3, 0.4) is 0 Å². The van der Waals surface area contributed by atoms with Gasteiger partial charge in [0.1, 0.15) is 17.7 Å². The lowest BCUT2D eigenvalue weighted by Crippen LogP contribution is -2.50. The number of amides is 3. The average Bonchev–Trinajstić information content (AvgIpc) is 3.56. The van der Waals surface area contributed by atoms with Crippen LogP contribution in [0.25, 0.3) is 5.65 Å². The van der Waals surface area contributed by atoms with Crippen LogP contribution in [0.4, 0.5) is 4.79 Å². The van der Waals surface area contributed by atoms with Gasteiger partial charge >= 0.3 is 6.09 Å². The van der Waals surface area contributed by atoms with E-state index in [1.54, 1.807) is 46.9 Å². The number of carbonyl (C=O) groups is 3. The summed E-state index contributed by atoms with van der Waals surface area (Å²) in [5.74, 6) is -0.0897. The van der Waals surface area contributed by atoms with E-state index in [0.717, 1.165) is 20.1 Å². The number of benzene rings is 2. The van der Waals surface area contributed by atoms with Crippen molar-refractivity contribution < 1.29 is 28.6 Å². The van der Waals surface area contributed by atoms with E-state index < -0.39 is 29.3 Å². The average molecular weight is 933 g/mol. The predicted octanol–water partition coefficient (Wildman–Crippen LogP) is 6.60. The van der Waals surface area contributed by atoms with Crippen LogP contribution in [0.2, 0.25) is 0 Å². The lowest BCUT2D eigenvalue weighted by molar-refractivity contribution is -0.126. The second-order valence-corrected chi connectivity index (χ2v) is 16.1. The topological polar surface area (TPSA) is 184 Å². The van der Waals surface area contributed by atoms with Crippen molar-refractivity contribution in [1.82, 2.24) is 35.5 Å². The molecule has 3 amide bonds. The molecule has 5 aromatic rings. The second kappa shape index (κ2) is 22.5. The molecule has 0 aliphatic heterocycles. The number of rotatable bonds is 15. The Hall–Kier alpha value is -4.45. The Kier molecular flexibility index (Phi) is 18.5. The molecule has 0 spiro atoms. The summed E-state index contributed by atoms with van der Waals surface area (Å²) >= 11 is 6.77. The van der Waals surface area contributed by atoms with Gasteiger partial charge < -0.3 is 35.9 Å². The van der Waals surface area contributed by atoms with Crippen molar-refractivity contribution in [3.63, 3.8) is 0 Å². The van der Waals surface area contributed by atoms with Crippen LogP contribution >= 0.6 is 44.3 Å². The molecule has 306 valence electrons. The molecular formula is C40H49Br2ClN8O6. The number of alkyl carbamates (subject to hydrolysis) is 1. The molecule has 3 aromatic heterocycles. The number of pyridine rings is 2. The highest BCUT2D eigenvalue weighted by Crippen LogP contribution is 2.19. The van der Waals surface area contributed by atoms with E-state index in [9.17, 15) is 14.4 Å². The molecule has 0 radical (unpaired) electrons. The summed E-state index contributed by atoms with van der Waals surface area (Å²) < 4.78 is 20.3. The molecule has 57 heavy (non-hydrogen) atoms. The van der Waals surface area contributed by atoms with E-state index in [0.29, 0.717) is 30.4 Å². The SMILES string of the molecule is CC(C)(C)OC(=O)N[C@H](COCc1ccccc1)C(=O)NCc1ccc(Br)cn1.CC(C)(N)C(=O)N[C@H](COCc1ccccc1)c1nnc2ccc(Br)cn12.Cl. The Labute approximate surface area is 355 Å². The van der Waals surface area contributed by atoms with Crippen LogP contribution in [-0.2, 0) is 43.6 Å². The number of hydrogen-bond donors (Lipinski definition) is 4. The fourth-order valence-corrected chi connectivity index (χ4v) is 5.40. The molecule has 2 aromatic carbocycles. The van der Waals surface area contributed by atoms with E-state index in [-0.39, 0.29) is 44.0 Å². The van der Waals surface area contributed by atoms with Gasteiger partial charge in [0.15, 0.2) is 11.5 Å². The molecule has 2 atom stereocenters. The zero-order valence-electron chi connectivity index (χ0n) is 32.4. The first-order valence-corrected chi connectivity index (χ1v) is 19.4. The van der Waals surface area contributed by atoms with Gasteiger partial charge in [-0.05, 0) is 102 Å². The molecular weight excluding hydrogens is 884 g/mol. The van der Waals surface area contributed by atoms with E-state index in [1.165, 1.54) is 0 Å². The number of nitrogens with one attached hydrogen (secondary N) is 3. The molecule has 0 saturated heterocycles. The number of halogens is 3. The van der Waals surface area contributed by atoms with Gasteiger partial charge in [-0.2, -0.15) is 0 Å². The first-order valence-electron chi connectivity index (χ1n) is 17.8. The van der Waals surface area contributed by atoms with E-state index >= 15 is 0 Å². The van der Waals surface area contributed by atoms with Gasteiger partial charge in [-0.25, -0.2) is 4.79 Å². The van der Waals surface area contributed by atoms with Crippen LogP contribution in [0.15, 0.2) is 106 Å². The molecule has 0 unspecified atom stereocenters. The van der Waals surface area contributed by atoms with Crippen LogP contribution in [-0.4, -0.2) is 67.9 Å². The number of hydrogen-bond acceptors (Lipinski definition) is 10. The van der Waals surface area contributed by atoms with Crippen molar-refractivity contribution >= 4 is 67.8 Å². The Morgan fingerprint density at radius 2 is 1.39 bits per heavy atom. The highest BCUT2D eigenvalue weighted by Gasteiger charge is 2.28. The fourth-order valence-electron chi connectivity index (χ4n) is 4.83. The van der Waals surface area contributed by atoms with Crippen LogP contribution in [0.1, 0.15) is 63.3 Å². The summed E-state index contributed by atoms with van der Waals surface area (Å²) in [6.45, 7) is 9.82. The summed E-state index contributed by atoms with van der Waals surface area (Å²) in [5, 5.41) is 16.7. The normalized spacial score (nSPS) is 12.3. The first kappa shape index (κ1) is 46.9. The maximum atomic E-state index is 12.6. The van der Waals surface area contributed by atoms with Crippen molar-refractivity contribution in [3.05, 3.63) is 129 Å². The van der Waals surface area contributed by atoms with Crippen molar-refractivity contribution in [3.8, 4) is 0 Å². The standard InChI is InChI=1S/C21H26BrN3O4.C19H22BrN5O2.ClH/c1-21(2,3)29-20(27)25-18(14-28-13-15-7-5-4-6-8-15)19(26)24-12-17-10-9-16(22)11-23-17;1-19(2,21)18(26)22-15(12-27-11-13-6-4-3-5-7-13)17-24-23-16-9-8-14(20)10-25(16)17;/h4-11,18H,12-14H2,1-3H3,(H,24,26)(H,25,27);3-10,15H,11-12,21H2,1-2H3,(H,22,26);1H/t18-;15-;/m11./s1. The third kappa shape index (κ3) is 16.5. The smallest absolute Gasteiger partial charge is 0.408 e. The van der Waals surface area contributed by atoms with E-state index in [1.807, 2.05) is 89.5 Å². The molecule has 0 aliphatic rings. The zero-order chi connectivity index (χ0) is 40.7. The number of aromatic nitrogens is 4. The monoisotopic (exact) mass is 930 g/mol. The molecule has 17 heteroatoms. The predicted molar refractivity (Wildman–Crippen MR) is 226 cm³/mol. The van der Waals surface area contributed by atoms with Gasteiger partial charge in [-0.1, -0.05) is 60.7 Å². The Morgan fingerprint density at radius 3 is 1.95 bits per heavy atom. The third-order valence-corrected chi connectivity index (χ3v) is 8.56. The maximum Gasteiger partial charge on any atom is 0.408 e. The van der Waals surface area contributed by atoms with Crippen LogP contribution < -0.4 is 21.7 Å². The summed E-state index contributed by atoms with van der Waals surface area (Å²) in [6, 6.07) is 25.4. The first-order chi connectivity index (χ1) is 26.6. The molecule has 0 fully saturated rings. The van der Waals surface area contributed by atoms with Gasteiger partial charge in [0.25, 0.3) is 0 Å². The number of carbonyl (C=O) groups excluding carboxylic acids is 3. The van der Waals surface area contributed by atoms with Gasteiger partial charge in [0, 0.05) is 21.3 Å². The minimum absolute atomic E-state index is 0. The highest BCUT2D eigenvalue weighted by molar-refractivity contribution is 9.10. The summed E-state index contributed by atoms with van der Waals surface area (Å²) in [7, 11) is 0. The van der Waals surface area contributed by atoms with Crippen molar-refractivity contribution in [2.75, 3.05) is 13.2 Å². The second-order valence-electron chi connectivity index (χ2n) is 14.3. The number of nitrogens with two attached hydrogens (primary N) is 1. The molecule has 5 N–H and O–H groups in total. The fraction of sp³-hybridized carbons (Fsp3) is 0.350. The Morgan fingerprint density at radius 1 is 0.789 bits per heavy atom. The van der Waals surface area contributed by atoms with Gasteiger partial charge in [0.05, 0.1) is 44.2 Å². The van der Waals surface area contributed by atoms with Crippen LogP contribution in [0, 0.1) is 0 Å². The quantitative estimate of drug-likeness (QED) is 0.0893. The highest BCUT2D eigenvalue weighted by atomic mass is 79.9. The van der Waals surface area contributed by atoms with Crippen molar-refractivity contribution in [1.29, 1.82) is 0 Å². The van der Waals surface area contributed by atoms with Crippen molar-refractivity contribution in [2.24, 2.45) is 5.73 Å². The summed E-state index contributed by atoms with van der Waals surface area (Å²) in [6.07, 6.45) is 2.83. The van der Waals surface area contributed by atoms with E-state index in [2.05, 4.69) is 63.0 Å². The number of fused-ring (bicyclic) bond motifs is 1. The molecule has 0 aliphatic carbocycles. The van der Waals surface area contributed by atoms with Crippen molar-refractivity contribution in [2.45, 2.75) is 77.6 Å². The Balaban J connectivity index is 0.000000301.